The SMILES string of the molecule is COc1cccc(P(c2ccccc2)c2ccccc2)c1N1CCC[C@H]1CO[Si](C)(C)C. The molecule has 3 nitrogen and oxygen atoms in total. The highest BCUT2D eigenvalue weighted by Crippen LogP contribution is 2.42. The lowest BCUT2D eigenvalue weighted by atomic mass is 10.2. The molecule has 5 heteroatoms. The minimum Gasteiger partial charge on any atom is -0.495 e. The van der Waals surface area contributed by atoms with Crippen molar-refractivity contribution < 1.29 is 9.16 Å². The standard InChI is InChI=1S/C27H34NO2PSi/c1-29-25-18-11-19-26(27(25)28-20-12-13-22(28)21-30-32(2,3)4)31(23-14-7-5-8-15-23)24-16-9-6-10-17-24/h5-11,14-19,22H,12-13,20-21H2,1-4H3/t22-/m0/s1. The van der Waals surface area contributed by atoms with Crippen molar-refractivity contribution in [3.05, 3.63) is 78.9 Å². The normalized spacial score (nSPS) is 16.5. The van der Waals surface area contributed by atoms with Crippen LogP contribution in [0.25, 0.3) is 0 Å². The highest BCUT2D eigenvalue weighted by atomic mass is 31.1. The lowest BCUT2D eigenvalue weighted by Gasteiger charge is -2.34. The van der Waals surface area contributed by atoms with E-state index in [-0.39, 0.29) is 0 Å². The van der Waals surface area contributed by atoms with E-state index in [0.29, 0.717) is 6.04 Å². The van der Waals surface area contributed by atoms with E-state index < -0.39 is 16.2 Å². The zero-order chi connectivity index (χ0) is 22.6. The van der Waals surface area contributed by atoms with Gasteiger partial charge in [0.25, 0.3) is 0 Å². The molecule has 1 aliphatic rings. The van der Waals surface area contributed by atoms with Crippen LogP contribution in [0.2, 0.25) is 19.6 Å². The summed E-state index contributed by atoms with van der Waals surface area (Å²) in [5, 5.41) is 4.08. The zero-order valence-corrected chi connectivity index (χ0v) is 21.5. The Bertz CT molecular complexity index is 968. The van der Waals surface area contributed by atoms with Gasteiger partial charge in [-0.2, -0.15) is 0 Å². The van der Waals surface area contributed by atoms with Crippen molar-refractivity contribution in [2.24, 2.45) is 0 Å². The first-order chi connectivity index (χ1) is 15.5. The Labute approximate surface area is 195 Å². The summed E-state index contributed by atoms with van der Waals surface area (Å²) >= 11 is 0. The Morgan fingerprint density at radius 3 is 2.06 bits per heavy atom. The summed E-state index contributed by atoms with van der Waals surface area (Å²) in [6.07, 6.45) is 2.35. The van der Waals surface area contributed by atoms with E-state index >= 15 is 0 Å². The molecule has 168 valence electrons. The molecule has 1 saturated heterocycles. The second kappa shape index (κ2) is 10.2. The lowest BCUT2D eigenvalue weighted by molar-refractivity contribution is 0.282. The van der Waals surface area contributed by atoms with Crippen LogP contribution in [0.1, 0.15) is 12.8 Å². The molecule has 0 saturated carbocycles. The number of anilines is 1. The Morgan fingerprint density at radius 1 is 0.875 bits per heavy atom. The largest absolute Gasteiger partial charge is 0.495 e. The van der Waals surface area contributed by atoms with Gasteiger partial charge in [0, 0.05) is 11.8 Å². The summed E-state index contributed by atoms with van der Waals surface area (Å²) in [7, 11) is -0.490. The van der Waals surface area contributed by atoms with Crippen LogP contribution in [0.5, 0.6) is 5.75 Å². The van der Waals surface area contributed by atoms with Crippen molar-refractivity contribution in [2.45, 2.75) is 38.5 Å². The molecule has 0 unspecified atom stereocenters. The topological polar surface area (TPSA) is 21.7 Å². The van der Waals surface area contributed by atoms with Crippen LogP contribution in [-0.4, -0.2) is 34.6 Å². The predicted octanol–water partition coefficient (Wildman–Crippen LogP) is 5.27. The fourth-order valence-corrected chi connectivity index (χ4v) is 7.55. The molecule has 0 radical (unpaired) electrons. The molecule has 0 amide bonds. The van der Waals surface area contributed by atoms with E-state index in [4.69, 9.17) is 9.16 Å². The van der Waals surface area contributed by atoms with Crippen LogP contribution < -0.4 is 25.6 Å². The van der Waals surface area contributed by atoms with Crippen molar-refractivity contribution >= 4 is 37.8 Å². The van der Waals surface area contributed by atoms with Crippen molar-refractivity contribution in [3.63, 3.8) is 0 Å². The third kappa shape index (κ3) is 5.26. The molecule has 4 rings (SSSR count). The molecule has 0 bridgehead atoms. The summed E-state index contributed by atoms with van der Waals surface area (Å²) in [4.78, 5) is 2.56. The number of para-hydroxylation sites is 1. The highest BCUT2D eigenvalue weighted by Gasteiger charge is 2.32. The highest BCUT2D eigenvalue weighted by molar-refractivity contribution is 7.80. The average molecular weight is 464 g/mol. The number of rotatable bonds is 8. The van der Waals surface area contributed by atoms with Crippen molar-refractivity contribution in [1.29, 1.82) is 0 Å². The smallest absolute Gasteiger partial charge is 0.183 e. The molecule has 0 spiro atoms. The summed E-state index contributed by atoms with van der Waals surface area (Å²) in [6.45, 7) is 8.64. The van der Waals surface area contributed by atoms with Gasteiger partial charge in [0.1, 0.15) is 5.75 Å². The van der Waals surface area contributed by atoms with Gasteiger partial charge >= 0.3 is 0 Å². The second-order valence-corrected chi connectivity index (χ2v) is 15.9. The summed E-state index contributed by atoms with van der Waals surface area (Å²) in [6, 6.07) is 28.8. The van der Waals surface area contributed by atoms with E-state index in [1.54, 1.807) is 7.11 Å². The molecule has 0 aromatic heterocycles. The van der Waals surface area contributed by atoms with Gasteiger partial charge in [-0.05, 0) is 57.1 Å². The quantitative estimate of drug-likeness (QED) is 0.335. The predicted molar refractivity (Wildman–Crippen MR) is 141 cm³/mol. The molecule has 1 aliphatic heterocycles. The van der Waals surface area contributed by atoms with Crippen molar-refractivity contribution in [3.8, 4) is 5.75 Å². The Kier molecular flexibility index (Phi) is 7.35. The number of benzene rings is 3. The molecule has 3 aromatic rings. The van der Waals surface area contributed by atoms with Gasteiger partial charge in [-0.1, -0.05) is 72.8 Å². The minimum absolute atomic E-state index is 0.389. The van der Waals surface area contributed by atoms with Gasteiger partial charge in [-0.3, -0.25) is 0 Å². The number of methoxy groups -OCH3 is 1. The van der Waals surface area contributed by atoms with E-state index in [1.165, 1.54) is 28.0 Å². The number of hydrogen-bond donors (Lipinski definition) is 0. The number of ether oxygens (including phenoxy) is 1. The average Bonchev–Trinajstić information content (AvgIpc) is 3.27. The van der Waals surface area contributed by atoms with Crippen LogP contribution in [-0.2, 0) is 4.43 Å². The van der Waals surface area contributed by atoms with E-state index in [9.17, 15) is 0 Å². The molecular weight excluding hydrogens is 429 g/mol. The van der Waals surface area contributed by atoms with E-state index in [2.05, 4.69) is 103 Å². The molecule has 1 atom stereocenters. The number of nitrogens with zero attached hydrogens (tertiary/aromatic N) is 1. The third-order valence-electron chi connectivity index (χ3n) is 5.84. The van der Waals surface area contributed by atoms with E-state index in [1.807, 2.05) is 0 Å². The molecule has 0 N–H and O–H groups in total. The van der Waals surface area contributed by atoms with E-state index in [0.717, 1.165) is 25.3 Å². The minimum atomic E-state index is -1.57. The van der Waals surface area contributed by atoms with Gasteiger partial charge in [-0.15, -0.1) is 0 Å². The monoisotopic (exact) mass is 463 g/mol. The third-order valence-corrected chi connectivity index (χ3v) is 9.34. The Morgan fingerprint density at radius 2 is 1.50 bits per heavy atom. The molecule has 1 fully saturated rings. The fourth-order valence-electron chi connectivity index (χ4n) is 4.38. The van der Waals surface area contributed by atoms with Gasteiger partial charge in [0.15, 0.2) is 8.32 Å². The van der Waals surface area contributed by atoms with Gasteiger partial charge in [0.2, 0.25) is 0 Å². The Balaban J connectivity index is 1.82. The number of hydrogen-bond acceptors (Lipinski definition) is 3. The Hall–Kier alpha value is -2.13. The maximum atomic E-state index is 6.37. The van der Waals surface area contributed by atoms with Crippen LogP contribution in [0.4, 0.5) is 5.69 Å². The van der Waals surface area contributed by atoms with Crippen LogP contribution in [0.15, 0.2) is 78.9 Å². The zero-order valence-electron chi connectivity index (χ0n) is 19.6. The summed E-state index contributed by atoms with van der Waals surface area (Å²) in [5.41, 5.74) is 1.25. The van der Waals surface area contributed by atoms with Gasteiger partial charge in [0.05, 0.1) is 25.4 Å². The van der Waals surface area contributed by atoms with Crippen molar-refractivity contribution in [1.82, 2.24) is 0 Å². The molecule has 1 heterocycles. The second-order valence-electron chi connectivity index (χ2n) is 9.25. The van der Waals surface area contributed by atoms with Gasteiger partial charge < -0.3 is 14.1 Å². The molecule has 0 aliphatic carbocycles. The maximum Gasteiger partial charge on any atom is 0.183 e. The molecular formula is C27H34NO2PSi. The summed E-state index contributed by atoms with van der Waals surface area (Å²) in [5.74, 6) is 0.960. The first-order valence-electron chi connectivity index (χ1n) is 11.5. The van der Waals surface area contributed by atoms with Crippen molar-refractivity contribution in [2.75, 3.05) is 25.2 Å². The molecule has 32 heavy (non-hydrogen) atoms. The first kappa shape index (κ1) is 23.0. The fraction of sp³-hybridized carbons (Fsp3) is 0.333. The van der Waals surface area contributed by atoms with Crippen LogP contribution >= 0.6 is 7.92 Å². The van der Waals surface area contributed by atoms with Crippen LogP contribution in [0.3, 0.4) is 0 Å². The molecule has 3 aromatic carbocycles. The lowest BCUT2D eigenvalue weighted by Crippen LogP contribution is -2.40. The van der Waals surface area contributed by atoms with Gasteiger partial charge in [-0.25, -0.2) is 0 Å². The summed E-state index contributed by atoms with van der Waals surface area (Å²) < 4.78 is 12.3. The maximum absolute atomic E-state index is 6.37. The van der Waals surface area contributed by atoms with Crippen LogP contribution in [0, 0.1) is 0 Å². The first-order valence-corrected chi connectivity index (χ1v) is 16.2.